The fourth-order valence-corrected chi connectivity index (χ4v) is 3.88. The minimum Gasteiger partial charge on any atom is -0.493 e. The minimum atomic E-state index is -0.264. The van der Waals surface area contributed by atoms with Crippen molar-refractivity contribution in [2.45, 2.75) is 6.61 Å². The number of ether oxygens (including phenoxy) is 2. The second kappa shape index (κ2) is 7.53. The molecular weight excluding hydrogens is 428 g/mol. The fraction of sp³-hybridized carbons (Fsp3) is 0.235. The maximum absolute atomic E-state index is 13.2. The van der Waals surface area contributed by atoms with Crippen LogP contribution in [0.4, 0.5) is 4.39 Å². The topological polar surface area (TPSA) is 30.8 Å². The molecular formula is C17H15FINO2S. The number of aliphatic imine (C=N–C) groups is 1. The summed E-state index contributed by atoms with van der Waals surface area (Å²) in [6.07, 6.45) is 0. The summed E-state index contributed by atoms with van der Waals surface area (Å²) in [5, 5.41) is 1.04. The molecule has 1 aliphatic rings. The second-order valence-electron chi connectivity index (χ2n) is 4.94. The van der Waals surface area contributed by atoms with Crippen molar-refractivity contribution in [2.75, 3.05) is 19.4 Å². The molecule has 0 aliphatic carbocycles. The van der Waals surface area contributed by atoms with E-state index < -0.39 is 0 Å². The van der Waals surface area contributed by atoms with E-state index in [-0.39, 0.29) is 5.82 Å². The van der Waals surface area contributed by atoms with Crippen LogP contribution in [0.25, 0.3) is 0 Å². The standard InChI is InChI=1S/C17H15FINO2S/c1-21-15-9-12(17-20-5-6-23-17)8-14(19)16(15)22-10-11-3-2-4-13(18)7-11/h2-4,7-9H,5-6,10H2,1H3. The first-order chi connectivity index (χ1) is 11.2. The lowest BCUT2D eigenvalue weighted by Gasteiger charge is -2.14. The van der Waals surface area contributed by atoms with Crippen LogP contribution in [0, 0.1) is 9.39 Å². The number of halogens is 2. The van der Waals surface area contributed by atoms with Crippen molar-refractivity contribution in [3.63, 3.8) is 0 Å². The third kappa shape index (κ3) is 3.98. The maximum Gasteiger partial charge on any atom is 0.174 e. The van der Waals surface area contributed by atoms with E-state index in [1.807, 2.05) is 18.2 Å². The molecule has 0 saturated carbocycles. The van der Waals surface area contributed by atoms with E-state index in [2.05, 4.69) is 27.6 Å². The SMILES string of the molecule is COc1cc(C2=NCCS2)cc(I)c1OCc1cccc(F)c1. The molecule has 3 rings (SSSR count). The van der Waals surface area contributed by atoms with Gasteiger partial charge >= 0.3 is 0 Å². The Bertz CT molecular complexity index is 751. The first kappa shape index (κ1) is 16.6. The highest BCUT2D eigenvalue weighted by atomic mass is 127. The summed E-state index contributed by atoms with van der Waals surface area (Å²) in [5.41, 5.74) is 1.83. The zero-order valence-corrected chi connectivity index (χ0v) is 15.5. The Balaban J connectivity index is 1.83. The summed E-state index contributed by atoms with van der Waals surface area (Å²) in [5.74, 6) is 2.09. The van der Waals surface area contributed by atoms with Crippen LogP contribution in [0.2, 0.25) is 0 Å². The molecule has 2 aromatic rings. The van der Waals surface area contributed by atoms with Gasteiger partial charge in [0.2, 0.25) is 0 Å². The molecule has 0 unspecified atom stereocenters. The van der Waals surface area contributed by atoms with Crippen molar-refractivity contribution < 1.29 is 13.9 Å². The fourth-order valence-electron chi connectivity index (χ4n) is 2.28. The quantitative estimate of drug-likeness (QED) is 0.638. The van der Waals surface area contributed by atoms with Gasteiger partial charge in [-0.05, 0) is 52.4 Å². The van der Waals surface area contributed by atoms with E-state index in [0.717, 1.165) is 32.0 Å². The number of benzene rings is 2. The molecule has 3 nitrogen and oxygen atoms in total. The summed E-state index contributed by atoms with van der Waals surface area (Å²) in [4.78, 5) is 4.49. The van der Waals surface area contributed by atoms with Crippen LogP contribution in [0.1, 0.15) is 11.1 Å². The molecule has 120 valence electrons. The van der Waals surface area contributed by atoms with Crippen molar-refractivity contribution in [1.82, 2.24) is 0 Å². The Labute approximate surface area is 152 Å². The number of thioether (sulfide) groups is 1. The lowest BCUT2D eigenvalue weighted by molar-refractivity contribution is 0.282. The normalized spacial score (nSPS) is 13.8. The summed E-state index contributed by atoms with van der Waals surface area (Å²) < 4.78 is 25.5. The van der Waals surface area contributed by atoms with Crippen LogP contribution in [-0.2, 0) is 6.61 Å². The van der Waals surface area contributed by atoms with Crippen molar-refractivity contribution in [3.05, 3.63) is 56.9 Å². The highest BCUT2D eigenvalue weighted by molar-refractivity contribution is 14.1. The van der Waals surface area contributed by atoms with E-state index in [1.54, 1.807) is 24.9 Å². The molecule has 0 radical (unpaired) electrons. The Hall–Kier alpha value is -1.28. The highest BCUT2D eigenvalue weighted by Crippen LogP contribution is 2.36. The van der Waals surface area contributed by atoms with Gasteiger partial charge in [-0.2, -0.15) is 0 Å². The van der Waals surface area contributed by atoms with Gasteiger partial charge in [0.25, 0.3) is 0 Å². The molecule has 0 N–H and O–H groups in total. The maximum atomic E-state index is 13.2. The Morgan fingerprint density at radius 2 is 2.17 bits per heavy atom. The van der Waals surface area contributed by atoms with E-state index in [9.17, 15) is 4.39 Å². The monoisotopic (exact) mass is 443 g/mol. The van der Waals surface area contributed by atoms with Gasteiger partial charge in [-0.1, -0.05) is 12.1 Å². The number of nitrogens with zero attached hydrogens (tertiary/aromatic N) is 1. The zero-order chi connectivity index (χ0) is 16.2. The second-order valence-corrected chi connectivity index (χ2v) is 7.19. The summed E-state index contributed by atoms with van der Waals surface area (Å²) in [7, 11) is 1.62. The van der Waals surface area contributed by atoms with Crippen molar-refractivity contribution in [3.8, 4) is 11.5 Å². The number of hydrogen-bond donors (Lipinski definition) is 0. The number of rotatable bonds is 5. The highest BCUT2D eigenvalue weighted by Gasteiger charge is 2.17. The van der Waals surface area contributed by atoms with Crippen LogP contribution in [0.5, 0.6) is 11.5 Å². The lowest BCUT2D eigenvalue weighted by Crippen LogP contribution is -2.02. The van der Waals surface area contributed by atoms with E-state index in [4.69, 9.17) is 9.47 Å². The Kier molecular flexibility index (Phi) is 5.42. The van der Waals surface area contributed by atoms with Gasteiger partial charge in [0.15, 0.2) is 11.5 Å². The van der Waals surface area contributed by atoms with Crippen LogP contribution < -0.4 is 9.47 Å². The smallest absolute Gasteiger partial charge is 0.174 e. The predicted molar refractivity (Wildman–Crippen MR) is 100 cm³/mol. The van der Waals surface area contributed by atoms with Crippen molar-refractivity contribution >= 4 is 39.4 Å². The summed E-state index contributed by atoms with van der Waals surface area (Å²) >= 11 is 3.98. The zero-order valence-electron chi connectivity index (χ0n) is 12.5. The van der Waals surface area contributed by atoms with Crippen LogP contribution >= 0.6 is 34.4 Å². The third-order valence-electron chi connectivity index (χ3n) is 3.33. The molecule has 0 aromatic heterocycles. The van der Waals surface area contributed by atoms with Gasteiger partial charge in [0.1, 0.15) is 12.4 Å². The summed E-state index contributed by atoms with van der Waals surface area (Å²) in [6, 6.07) is 10.4. The minimum absolute atomic E-state index is 0.264. The molecule has 1 heterocycles. The average molecular weight is 443 g/mol. The van der Waals surface area contributed by atoms with Crippen LogP contribution in [0.3, 0.4) is 0 Å². The molecule has 0 fully saturated rings. The molecule has 23 heavy (non-hydrogen) atoms. The van der Waals surface area contributed by atoms with Crippen molar-refractivity contribution in [1.29, 1.82) is 0 Å². The third-order valence-corrected chi connectivity index (χ3v) is 5.16. The van der Waals surface area contributed by atoms with E-state index in [0.29, 0.717) is 18.1 Å². The van der Waals surface area contributed by atoms with Gasteiger partial charge in [0.05, 0.1) is 15.7 Å². The molecule has 0 spiro atoms. The van der Waals surface area contributed by atoms with E-state index >= 15 is 0 Å². The molecule has 6 heteroatoms. The lowest BCUT2D eigenvalue weighted by atomic mass is 10.2. The van der Waals surface area contributed by atoms with Gasteiger partial charge in [0, 0.05) is 17.9 Å². The predicted octanol–water partition coefficient (Wildman–Crippen LogP) is 4.51. The van der Waals surface area contributed by atoms with Crippen molar-refractivity contribution in [2.24, 2.45) is 4.99 Å². The van der Waals surface area contributed by atoms with Crippen LogP contribution in [0.15, 0.2) is 41.4 Å². The molecule has 0 saturated heterocycles. The Morgan fingerprint density at radius 1 is 1.30 bits per heavy atom. The number of methoxy groups -OCH3 is 1. The molecule has 0 amide bonds. The molecule has 1 aliphatic heterocycles. The van der Waals surface area contributed by atoms with Gasteiger partial charge in [-0.15, -0.1) is 11.8 Å². The van der Waals surface area contributed by atoms with E-state index in [1.165, 1.54) is 12.1 Å². The van der Waals surface area contributed by atoms with Gasteiger partial charge in [-0.25, -0.2) is 4.39 Å². The number of hydrogen-bond acceptors (Lipinski definition) is 4. The molecule has 0 atom stereocenters. The summed E-state index contributed by atoms with van der Waals surface area (Å²) in [6.45, 7) is 1.15. The van der Waals surface area contributed by atoms with Crippen LogP contribution in [-0.4, -0.2) is 24.5 Å². The van der Waals surface area contributed by atoms with Gasteiger partial charge < -0.3 is 9.47 Å². The largest absolute Gasteiger partial charge is 0.493 e. The first-order valence-electron chi connectivity index (χ1n) is 7.10. The Morgan fingerprint density at radius 3 is 2.87 bits per heavy atom. The molecule has 2 aromatic carbocycles. The average Bonchev–Trinajstić information content (AvgIpc) is 3.07. The first-order valence-corrected chi connectivity index (χ1v) is 9.16. The molecule has 0 bridgehead atoms. The van der Waals surface area contributed by atoms with Gasteiger partial charge in [-0.3, -0.25) is 4.99 Å².